The van der Waals surface area contributed by atoms with E-state index in [1.807, 2.05) is 0 Å². The zero-order valence-electron chi connectivity index (χ0n) is 10.0. The molecule has 0 radical (unpaired) electrons. The maximum Gasteiger partial charge on any atom is 0.374 e. The molecule has 1 rings (SSSR count). The maximum absolute atomic E-state index is 11.8. The molecule has 0 unspecified atom stereocenters. The number of methoxy groups -OCH3 is 1. The predicted molar refractivity (Wildman–Crippen MR) is 62.6 cm³/mol. The molecule has 5 nitrogen and oxygen atoms in total. The second-order valence-corrected chi connectivity index (χ2v) is 3.32. The zero-order valence-corrected chi connectivity index (χ0v) is 10.0. The van der Waals surface area contributed by atoms with Gasteiger partial charge in [0.2, 0.25) is 5.76 Å². The summed E-state index contributed by atoms with van der Waals surface area (Å²) in [6.45, 7) is 1.13. The van der Waals surface area contributed by atoms with Crippen molar-refractivity contribution in [2.45, 2.75) is 6.92 Å². The number of rotatable bonds is 4. The lowest BCUT2D eigenvalue weighted by Crippen LogP contribution is -2.13. The number of hydrogen-bond acceptors (Lipinski definition) is 5. The molecule has 0 bridgehead atoms. The van der Waals surface area contributed by atoms with Gasteiger partial charge in [-0.15, -0.1) is 0 Å². The number of hydrogen-bond donors (Lipinski definition) is 0. The highest BCUT2D eigenvalue weighted by Gasteiger charge is 2.16. The van der Waals surface area contributed by atoms with Crippen LogP contribution in [0.2, 0.25) is 0 Å². The topological polar surface area (TPSA) is 69.7 Å². The Hall–Kier alpha value is -2.43. The highest BCUT2D eigenvalue weighted by atomic mass is 16.6. The maximum atomic E-state index is 11.8. The van der Waals surface area contributed by atoms with Gasteiger partial charge in [0.1, 0.15) is 0 Å². The Labute approximate surface area is 104 Å². The van der Waals surface area contributed by atoms with Gasteiger partial charge < -0.3 is 9.47 Å². The standard InChI is InChI=1S/C13H12O5/c1-9(14)18-12(13(16)17-2)8-11(15)10-6-4-3-5-7-10/h3-8H,1-2H3/b12-8-. The molecule has 0 aliphatic heterocycles. The third kappa shape index (κ3) is 3.86. The summed E-state index contributed by atoms with van der Waals surface area (Å²) in [5, 5.41) is 0. The third-order valence-corrected chi connectivity index (χ3v) is 1.96. The summed E-state index contributed by atoms with van der Waals surface area (Å²) in [5.74, 6) is -2.46. The first-order chi connectivity index (χ1) is 8.54. The van der Waals surface area contributed by atoms with E-state index in [-0.39, 0.29) is 0 Å². The first-order valence-corrected chi connectivity index (χ1v) is 5.12. The first kappa shape index (κ1) is 13.6. The van der Waals surface area contributed by atoms with E-state index >= 15 is 0 Å². The number of allylic oxidation sites excluding steroid dienone is 1. The van der Waals surface area contributed by atoms with Gasteiger partial charge in [-0.1, -0.05) is 30.3 Å². The minimum absolute atomic E-state index is 0.381. The number of carbonyl (C=O) groups is 3. The monoisotopic (exact) mass is 248 g/mol. The largest absolute Gasteiger partial charge is 0.463 e. The SMILES string of the molecule is COC(=O)/C(=C/C(=O)c1ccccc1)OC(C)=O. The van der Waals surface area contributed by atoms with Gasteiger partial charge >= 0.3 is 11.9 Å². The van der Waals surface area contributed by atoms with Gasteiger partial charge in [0.25, 0.3) is 0 Å². The average molecular weight is 248 g/mol. The van der Waals surface area contributed by atoms with E-state index in [0.29, 0.717) is 5.56 Å². The summed E-state index contributed by atoms with van der Waals surface area (Å²) in [7, 11) is 1.13. The molecule has 0 saturated heterocycles. The summed E-state index contributed by atoms with van der Waals surface area (Å²) in [4.78, 5) is 33.9. The van der Waals surface area contributed by atoms with Gasteiger partial charge in [0.05, 0.1) is 7.11 Å². The lowest BCUT2D eigenvalue weighted by atomic mass is 10.1. The Balaban J connectivity index is 2.98. The molecule has 0 fully saturated rings. The fourth-order valence-corrected chi connectivity index (χ4v) is 1.19. The van der Waals surface area contributed by atoms with Crippen LogP contribution >= 0.6 is 0 Å². The van der Waals surface area contributed by atoms with E-state index in [9.17, 15) is 14.4 Å². The zero-order chi connectivity index (χ0) is 13.5. The van der Waals surface area contributed by atoms with Crippen LogP contribution in [0.4, 0.5) is 0 Å². The van der Waals surface area contributed by atoms with Crippen molar-refractivity contribution in [3.05, 3.63) is 47.7 Å². The number of ketones is 1. The van der Waals surface area contributed by atoms with Gasteiger partial charge in [0.15, 0.2) is 5.78 Å². The van der Waals surface area contributed by atoms with Gasteiger partial charge in [-0.3, -0.25) is 9.59 Å². The Morgan fingerprint density at radius 3 is 2.22 bits per heavy atom. The molecule has 18 heavy (non-hydrogen) atoms. The van der Waals surface area contributed by atoms with Crippen molar-refractivity contribution in [1.29, 1.82) is 0 Å². The van der Waals surface area contributed by atoms with Crippen molar-refractivity contribution in [1.82, 2.24) is 0 Å². The molecule has 0 aromatic heterocycles. The summed E-state index contributed by atoms with van der Waals surface area (Å²) < 4.78 is 9.04. The van der Waals surface area contributed by atoms with Crippen LogP contribution in [0.25, 0.3) is 0 Å². The van der Waals surface area contributed by atoms with Gasteiger partial charge in [0, 0.05) is 18.6 Å². The second-order valence-electron chi connectivity index (χ2n) is 3.32. The number of carbonyl (C=O) groups excluding carboxylic acids is 3. The Morgan fingerprint density at radius 1 is 1.11 bits per heavy atom. The van der Waals surface area contributed by atoms with Crippen LogP contribution in [-0.4, -0.2) is 24.8 Å². The minimum Gasteiger partial charge on any atom is -0.463 e. The fourth-order valence-electron chi connectivity index (χ4n) is 1.19. The summed E-state index contributed by atoms with van der Waals surface area (Å²) in [5.41, 5.74) is 0.381. The molecule has 0 N–H and O–H groups in total. The predicted octanol–water partition coefficient (Wildman–Crippen LogP) is 1.49. The molecule has 0 aliphatic carbocycles. The Morgan fingerprint density at radius 2 is 1.72 bits per heavy atom. The number of ether oxygens (including phenoxy) is 2. The van der Waals surface area contributed by atoms with E-state index in [1.54, 1.807) is 30.3 Å². The van der Waals surface area contributed by atoms with Crippen molar-refractivity contribution >= 4 is 17.7 Å². The van der Waals surface area contributed by atoms with Crippen molar-refractivity contribution in [2.24, 2.45) is 0 Å². The highest BCUT2D eigenvalue weighted by Crippen LogP contribution is 2.06. The van der Waals surface area contributed by atoms with Crippen molar-refractivity contribution in [3.63, 3.8) is 0 Å². The van der Waals surface area contributed by atoms with Crippen LogP contribution in [0.3, 0.4) is 0 Å². The van der Waals surface area contributed by atoms with E-state index in [4.69, 9.17) is 0 Å². The molecule has 5 heteroatoms. The fraction of sp³-hybridized carbons (Fsp3) is 0.154. The van der Waals surface area contributed by atoms with E-state index in [0.717, 1.165) is 20.1 Å². The van der Waals surface area contributed by atoms with Crippen molar-refractivity contribution < 1.29 is 23.9 Å². The number of benzene rings is 1. The second kappa shape index (κ2) is 6.34. The van der Waals surface area contributed by atoms with E-state index < -0.39 is 23.5 Å². The molecule has 94 valence electrons. The smallest absolute Gasteiger partial charge is 0.374 e. The summed E-state index contributed by atoms with van der Waals surface area (Å²) in [6, 6.07) is 8.30. The quantitative estimate of drug-likeness (QED) is 0.349. The van der Waals surface area contributed by atoms with Gasteiger partial charge in [-0.05, 0) is 0 Å². The van der Waals surface area contributed by atoms with Gasteiger partial charge in [-0.2, -0.15) is 0 Å². The molecule has 0 spiro atoms. The molecular weight excluding hydrogens is 236 g/mol. The molecular formula is C13H12O5. The van der Waals surface area contributed by atoms with E-state index in [1.165, 1.54) is 0 Å². The van der Waals surface area contributed by atoms with Crippen LogP contribution in [0.15, 0.2) is 42.2 Å². The van der Waals surface area contributed by atoms with Crippen molar-refractivity contribution in [2.75, 3.05) is 7.11 Å². The number of esters is 2. The van der Waals surface area contributed by atoms with Crippen LogP contribution in [-0.2, 0) is 19.1 Å². The van der Waals surface area contributed by atoms with Crippen LogP contribution in [0, 0.1) is 0 Å². The lowest BCUT2D eigenvalue weighted by Gasteiger charge is -2.04. The normalized spacial score (nSPS) is 10.7. The Bertz CT molecular complexity index is 487. The molecule has 1 aromatic rings. The van der Waals surface area contributed by atoms with Crippen molar-refractivity contribution in [3.8, 4) is 0 Å². The lowest BCUT2D eigenvalue weighted by molar-refractivity contribution is -0.148. The van der Waals surface area contributed by atoms with Crippen LogP contribution < -0.4 is 0 Å². The molecule has 1 aromatic carbocycles. The average Bonchev–Trinajstić information content (AvgIpc) is 2.37. The molecule has 0 atom stereocenters. The summed E-state index contributed by atoms with van der Waals surface area (Å²) >= 11 is 0. The summed E-state index contributed by atoms with van der Waals surface area (Å²) in [6.07, 6.45) is 0.933. The molecule has 0 saturated carbocycles. The van der Waals surface area contributed by atoms with Gasteiger partial charge in [-0.25, -0.2) is 4.79 Å². The highest BCUT2D eigenvalue weighted by molar-refractivity contribution is 6.08. The Kier molecular flexibility index (Phi) is 4.80. The molecule has 0 aliphatic rings. The first-order valence-electron chi connectivity index (χ1n) is 5.12. The minimum atomic E-state index is -0.880. The third-order valence-electron chi connectivity index (χ3n) is 1.96. The molecule has 0 amide bonds. The van der Waals surface area contributed by atoms with Crippen LogP contribution in [0.5, 0.6) is 0 Å². The van der Waals surface area contributed by atoms with E-state index in [2.05, 4.69) is 9.47 Å². The molecule has 0 heterocycles. The van der Waals surface area contributed by atoms with Crippen LogP contribution in [0.1, 0.15) is 17.3 Å².